The number of hydrogen-bond acceptors (Lipinski definition) is 2. The number of halogens is 3. The Morgan fingerprint density at radius 3 is 2.69 bits per heavy atom. The molecule has 0 atom stereocenters. The monoisotopic (exact) mass is 233 g/mol. The number of carbonyl (C=O) groups is 1. The van der Waals surface area contributed by atoms with Crippen molar-refractivity contribution in [1.82, 2.24) is 5.48 Å². The summed E-state index contributed by atoms with van der Waals surface area (Å²) in [7, 11) is 0. The van der Waals surface area contributed by atoms with E-state index in [9.17, 15) is 18.0 Å². The maximum Gasteiger partial charge on any atom is 0.416 e. The van der Waals surface area contributed by atoms with Gasteiger partial charge in [0.15, 0.2) is 0 Å². The summed E-state index contributed by atoms with van der Waals surface area (Å²) in [6.45, 7) is 1.89. The SMILES string of the molecule is CCONC(=O)c1cccc(C(F)(F)F)c1. The van der Waals surface area contributed by atoms with Gasteiger partial charge in [0, 0.05) is 5.56 Å². The molecule has 16 heavy (non-hydrogen) atoms. The second-order valence-electron chi connectivity index (χ2n) is 2.94. The lowest BCUT2D eigenvalue weighted by molar-refractivity contribution is -0.137. The molecule has 0 bridgehead atoms. The predicted molar refractivity (Wildman–Crippen MR) is 50.5 cm³/mol. The van der Waals surface area contributed by atoms with Crippen molar-refractivity contribution in [2.45, 2.75) is 13.1 Å². The summed E-state index contributed by atoms with van der Waals surface area (Å²) in [6, 6.07) is 4.12. The van der Waals surface area contributed by atoms with Gasteiger partial charge >= 0.3 is 6.18 Å². The Labute approximate surface area is 90.2 Å². The first-order valence-corrected chi connectivity index (χ1v) is 4.54. The lowest BCUT2D eigenvalue weighted by atomic mass is 10.1. The van der Waals surface area contributed by atoms with Gasteiger partial charge in [-0.1, -0.05) is 6.07 Å². The Morgan fingerprint density at radius 2 is 2.12 bits per heavy atom. The fraction of sp³-hybridized carbons (Fsp3) is 0.300. The van der Waals surface area contributed by atoms with Crippen LogP contribution in [0, 0.1) is 0 Å². The van der Waals surface area contributed by atoms with E-state index in [2.05, 4.69) is 4.84 Å². The fourth-order valence-electron chi connectivity index (χ4n) is 1.03. The van der Waals surface area contributed by atoms with Crippen molar-refractivity contribution in [2.24, 2.45) is 0 Å². The Kier molecular flexibility index (Phi) is 3.89. The third kappa shape index (κ3) is 3.23. The van der Waals surface area contributed by atoms with E-state index in [4.69, 9.17) is 0 Å². The molecular weight excluding hydrogens is 223 g/mol. The highest BCUT2D eigenvalue weighted by molar-refractivity contribution is 5.93. The molecule has 0 saturated carbocycles. The molecule has 88 valence electrons. The summed E-state index contributed by atoms with van der Waals surface area (Å²) < 4.78 is 37.0. The summed E-state index contributed by atoms with van der Waals surface area (Å²) in [5.74, 6) is -0.701. The van der Waals surface area contributed by atoms with Crippen LogP contribution in [0.3, 0.4) is 0 Å². The Morgan fingerprint density at radius 1 is 1.44 bits per heavy atom. The van der Waals surface area contributed by atoms with Crippen LogP contribution in [-0.4, -0.2) is 12.5 Å². The van der Waals surface area contributed by atoms with Crippen LogP contribution in [-0.2, 0) is 11.0 Å². The van der Waals surface area contributed by atoms with Crippen LogP contribution >= 0.6 is 0 Å². The molecule has 0 fully saturated rings. The van der Waals surface area contributed by atoms with E-state index in [1.54, 1.807) is 6.92 Å². The largest absolute Gasteiger partial charge is 0.416 e. The minimum Gasteiger partial charge on any atom is -0.274 e. The van der Waals surface area contributed by atoms with Crippen molar-refractivity contribution in [3.05, 3.63) is 35.4 Å². The minimum atomic E-state index is -4.46. The molecule has 0 heterocycles. The highest BCUT2D eigenvalue weighted by Gasteiger charge is 2.30. The molecule has 0 saturated heterocycles. The van der Waals surface area contributed by atoms with Crippen LogP contribution in [0.5, 0.6) is 0 Å². The smallest absolute Gasteiger partial charge is 0.274 e. The average molecular weight is 233 g/mol. The number of amides is 1. The van der Waals surface area contributed by atoms with Crippen molar-refractivity contribution in [1.29, 1.82) is 0 Å². The molecule has 6 heteroatoms. The van der Waals surface area contributed by atoms with Crippen LogP contribution in [0.4, 0.5) is 13.2 Å². The number of hydroxylamine groups is 1. The molecule has 0 aliphatic rings. The summed E-state index contributed by atoms with van der Waals surface area (Å²) in [5, 5.41) is 0. The molecule has 0 radical (unpaired) electrons. The third-order valence-corrected chi connectivity index (χ3v) is 1.76. The first-order chi connectivity index (χ1) is 7.45. The topological polar surface area (TPSA) is 38.3 Å². The molecule has 0 aliphatic heterocycles. The Hall–Kier alpha value is -1.56. The Bertz CT molecular complexity index is 377. The lowest BCUT2D eigenvalue weighted by Crippen LogP contribution is -2.24. The second-order valence-corrected chi connectivity index (χ2v) is 2.94. The van der Waals surface area contributed by atoms with Crippen LogP contribution in [0.1, 0.15) is 22.8 Å². The summed E-state index contributed by atoms with van der Waals surface area (Å²) in [6.07, 6.45) is -4.46. The normalized spacial score (nSPS) is 11.2. The number of rotatable bonds is 3. The van der Waals surface area contributed by atoms with Crippen LogP contribution < -0.4 is 5.48 Å². The van der Waals surface area contributed by atoms with Gasteiger partial charge in [0.05, 0.1) is 12.2 Å². The standard InChI is InChI=1S/C10H10F3NO2/c1-2-16-14-9(15)7-4-3-5-8(6-7)10(11,12)13/h3-6H,2H2,1H3,(H,14,15). The van der Waals surface area contributed by atoms with E-state index >= 15 is 0 Å². The summed E-state index contributed by atoms with van der Waals surface area (Å²) >= 11 is 0. The van der Waals surface area contributed by atoms with Gasteiger partial charge in [-0.15, -0.1) is 0 Å². The molecule has 0 unspecified atom stereocenters. The second kappa shape index (κ2) is 4.98. The molecule has 3 nitrogen and oxygen atoms in total. The van der Waals surface area contributed by atoms with Gasteiger partial charge in [0.1, 0.15) is 0 Å². The zero-order chi connectivity index (χ0) is 12.2. The van der Waals surface area contributed by atoms with Crippen molar-refractivity contribution in [2.75, 3.05) is 6.61 Å². The zero-order valence-corrected chi connectivity index (χ0v) is 8.47. The molecule has 0 aromatic heterocycles. The first kappa shape index (κ1) is 12.5. The van der Waals surface area contributed by atoms with E-state index in [0.717, 1.165) is 12.1 Å². The Balaban J connectivity index is 2.86. The van der Waals surface area contributed by atoms with Crippen LogP contribution in [0.15, 0.2) is 24.3 Å². The fourth-order valence-corrected chi connectivity index (χ4v) is 1.03. The van der Waals surface area contributed by atoms with Crippen molar-refractivity contribution in [3.8, 4) is 0 Å². The molecular formula is C10H10F3NO2. The number of carbonyl (C=O) groups excluding carboxylic acids is 1. The molecule has 1 rings (SSSR count). The van der Waals surface area contributed by atoms with Gasteiger partial charge in [-0.25, -0.2) is 5.48 Å². The average Bonchev–Trinajstić information content (AvgIpc) is 2.25. The number of benzene rings is 1. The molecule has 0 spiro atoms. The lowest BCUT2D eigenvalue weighted by Gasteiger charge is -2.08. The van der Waals surface area contributed by atoms with Gasteiger partial charge < -0.3 is 0 Å². The quantitative estimate of drug-likeness (QED) is 0.814. The summed E-state index contributed by atoms with van der Waals surface area (Å²) in [4.78, 5) is 15.9. The third-order valence-electron chi connectivity index (χ3n) is 1.76. The van der Waals surface area contributed by atoms with Crippen molar-refractivity contribution < 1.29 is 22.8 Å². The van der Waals surface area contributed by atoms with Gasteiger partial charge in [0.25, 0.3) is 5.91 Å². The zero-order valence-electron chi connectivity index (χ0n) is 8.47. The molecule has 1 N–H and O–H groups in total. The van der Waals surface area contributed by atoms with Gasteiger partial charge in [-0.2, -0.15) is 13.2 Å². The van der Waals surface area contributed by atoms with Crippen LogP contribution in [0.2, 0.25) is 0 Å². The number of nitrogens with one attached hydrogen (secondary N) is 1. The van der Waals surface area contributed by atoms with E-state index in [0.29, 0.717) is 0 Å². The van der Waals surface area contributed by atoms with Crippen molar-refractivity contribution in [3.63, 3.8) is 0 Å². The molecule has 1 aromatic carbocycles. The predicted octanol–water partition coefficient (Wildman–Crippen LogP) is 2.39. The summed E-state index contributed by atoms with van der Waals surface area (Å²) in [5.41, 5.74) is 1.06. The van der Waals surface area contributed by atoms with Crippen LogP contribution in [0.25, 0.3) is 0 Å². The number of alkyl halides is 3. The highest BCUT2D eigenvalue weighted by Crippen LogP contribution is 2.29. The van der Waals surface area contributed by atoms with Gasteiger partial charge in [0.2, 0.25) is 0 Å². The molecule has 1 aromatic rings. The maximum absolute atomic E-state index is 12.3. The molecule has 1 amide bonds. The van der Waals surface area contributed by atoms with Gasteiger partial charge in [-0.05, 0) is 25.1 Å². The van der Waals surface area contributed by atoms with E-state index in [1.165, 1.54) is 12.1 Å². The maximum atomic E-state index is 12.3. The van der Waals surface area contributed by atoms with E-state index < -0.39 is 17.6 Å². The number of hydrogen-bond donors (Lipinski definition) is 1. The first-order valence-electron chi connectivity index (χ1n) is 4.54. The highest BCUT2D eigenvalue weighted by atomic mass is 19.4. The van der Waals surface area contributed by atoms with Gasteiger partial charge in [-0.3, -0.25) is 9.63 Å². The van der Waals surface area contributed by atoms with E-state index in [1.807, 2.05) is 5.48 Å². The molecule has 0 aliphatic carbocycles. The van der Waals surface area contributed by atoms with E-state index in [-0.39, 0.29) is 12.2 Å². The van der Waals surface area contributed by atoms with Crippen molar-refractivity contribution >= 4 is 5.91 Å². The minimum absolute atomic E-state index is 0.0942.